The number of aliphatic hydroxyl groups is 1. The Balaban J connectivity index is 1.50. The molecule has 0 aromatic carbocycles. The van der Waals surface area contributed by atoms with E-state index in [0.29, 0.717) is 16.6 Å². The van der Waals surface area contributed by atoms with E-state index in [1.165, 1.54) is 0 Å². The number of carbonyl (C=O) groups is 1. The molecule has 3 heterocycles. The SMILES string of the molecule is O=C1N([C@H]2CC[C@@H](O)CC2)CC[C@]12CCCN(c1ncc(Cl)cc1Cl)C2. The quantitative estimate of drug-likeness (QED) is 0.829. The molecule has 4 rings (SSSR count). The van der Waals surface area contributed by atoms with E-state index in [4.69, 9.17) is 23.2 Å². The molecule has 2 saturated heterocycles. The van der Waals surface area contributed by atoms with Gasteiger partial charge in [-0.2, -0.15) is 0 Å². The number of rotatable bonds is 2. The van der Waals surface area contributed by atoms with Gasteiger partial charge in [-0.25, -0.2) is 4.98 Å². The number of hydrogen-bond acceptors (Lipinski definition) is 4. The van der Waals surface area contributed by atoms with Crippen LogP contribution in [0.15, 0.2) is 12.3 Å². The number of piperidine rings is 1. The van der Waals surface area contributed by atoms with Crippen LogP contribution in [0.1, 0.15) is 44.9 Å². The number of aromatic nitrogens is 1. The van der Waals surface area contributed by atoms with E-state index in [1.54, 1.807) is 12.3 Å². The van der Waals surface area contributed by atoms with Gasteiger partial charge in [0, 0.05) is 31.9 Å². The number of amides is 1. The highest BCUT2D eigenvalue weighted by Crippen LogP contribution is 2.44. The summed E-state index contributed by atoms with van der Waals surface area (Å²) in [5.41, 5.74) is -0.320. The molecule has 3 aliphatic rings. The first-order valence-corrected chi connectivity index (χ1v) is 10.3. The Morgan fingerprint density at radius 2 is 1.92 bits per heavy atom. The number of pyridine rings is 1. The van der Waals surface area contributed by atoms with Gasteiger partial charge < -0.3 is 14.9 Å². The third-order valence-corrected chi connectivity index (χ3v) is 6.80. The predicted octanol–water partition coefficient (Wildman–Crippen LogP) is 3.51. The monoisotopic (exact) mass is 397 g/mol. The van der Waals surface area contributed by atoms with Crippen molar-refractivity contribution in [3.63, 3.8) is 0 Å². The van der Waals surface area contributed by atoms with Crippen LogP contribution in [-0.4, -0.2) is 52.7 Å². The summed E-state index contributed by atoms with van der Waals surface area (Å²) in [5, 5.41) is 10.8. The van der Waals surface area contributed by atoms with Crippen molar-refractivity contribution in [2.75, 3.05) is 24.5 Å². The Hall–Kier alpha value is -1.04. The zero-order chi connectivity index (χ0) is 18.3. The van der Waals surface area contributed by atoms with E-state index >= 15 is 0 Å². The lowest BCUT2D eigenvalue weighted by Gasteiger charge is -2.41. The average molecular weight is 398 g/mol. The third-order valence-electron chi connectivity index (χ3n) is 6.32. The number of carbonyl (C=O) groups excluding carboxylic acids is 1. The van der Waals surface area contributed by atoms with Gasteiger partial charge in [0.25, 0.3) is 0 Å². The second-order valence-corrected chi connectivity index (χ2v) is 8.82. The van der Waals surface area contributed by atoms with Crippen LogP contribution >= 0.6 is 23.2 Å². The van der Waals surface area contributed by atoms with Crippen molar-refractivity contribution in [2.24, 2.45) is 5.41 Å². The maximum absolute atomic E-state index is 13.3. The molecule has 1 N–H and O–H groups in total. The summed E-state index contributed by atoms with van der Waals surface area (Å²) in [7, 11) is 0. The summed E-state index contributed by atoms with van der Waals surface area (Å²) < 4.78 is 0. The Kier molecular flexibility index (Phi) is 5.06. The highest BCUT2D eigenvalue weighted by atomic mass is 35.5. The molecule has 1 aromatic heterocycles. The lowest BCUT2D eigenvalue weighted by atomic mass is 9.78. The molecule has 0 unspecified atom stereocenters. The van der Waals surface area contributed by atoms with E-state index in [2.05, 4.69) is 14.8 Å². The first kappa shape index (κ1) is 18.3. The number of aliphatic hydroxyl groups excluding tert-OH is 1. The van der Waals surface area contributed by atoms with Crippen LogP contribution in [0.5, 0.6) is 0 Å². The van der Waals surface area contributed by atoms with Crippen molar-refractivity contribution < 1.29 is 9.90 Å². The molecule has 0 radical (unpaired) electrons. The summed E-state index contributed by atoms with van der Waals surface area (Å²) in [4.78, 5) is 22.0. The molecule has 3 fully saturated rings. The fraction of sp³-hybridized carbons (Fsp3) is 0.684. The van der Waals surface area contributed by atoms with E-state index in [9.17, 15) is 9.90 Å². The number of anilines is 1. The van der Waals surface area contributed by atoms with Gasteiger partial charge in [0.2, 0.25) is 5.91 Å². The van der Waals surface area contributed by atoms with Gasteiger partial charge >= 0.3 is 0 Å². The van der Waals surface area contributed by atoms with Crippen molar-refractivity contribution in [2.45, 2.75) is 57.1 Å². The molecular formula is C19H25Cl2N3O2. The molecule has 5 nitrogen and oxygen atoms in total. The van der Waals surface area contributed by atoms with Crippen molar-refractivity contribution >= 4 is 34.9 Å². The van der Waals surface area contributed by atoms with Crippen LogP contribution in [0.4, 0.5) is 5.82 Å². The molecule has 0 bridgehead atoms. The Bertz CT molecular complexity index is 693. The smallest absolute Gasteiger partial charge is 0.230 e. The summed E-state index contributed by atoms with van der Waals surface area (Å²) in [6.07, 6.45) is 7.64. The first-order valence-electron chi connectivity index (χ1n) is 9.54. The molecule has 1 spiro atoms. The molecular weight excluding hydrogens is 373 g/mol. The average Bonchev–Trinajstić information content (AvgIpc) is 2.92. The summed E-state index contributed by atoms with van der Waals surface area (Å²) >= 11 is 12.3. The van der Waals surface area contributed by atoms with Crippen LogP contribution in [0.2, 0.25) is 10.0 Å². The maximum atomic E-state index is 13.3. The van der Waals surface area contributed by atoms with Crippen molar-refractivity contribution in [3.05, 3.63) is 22.3 Å². The van der Waals surface area contributed by atoms with Gasteiger partial charge in [0.1, 0.15) is 5.82 Å². The highest BCUT2D eigenvalue weighted by molar-refractivity contribution is 6.36. The molecule has 2 aliphatic heterocycles. The second kappa shape index (κ2) is 7.17. The Morgan fingerprint density at radius 1 is 1.15 bits per heavy atom. The zero-order valence-corrected chi connectivity index (χ0v) is 16.3. The van der Waals surface area contributed by atoms with Gasteiger partial charge in [0.15, 0.2) is 0 Å². The summed E-state index contributed by atoms with van der Waals surface area (Å²) in [6, 6.07) is 2.00. The molecule has 1 amide bonds. The van der Waals surface area contributed by atoms with Crippen LogP contribution in [0.25, 0.3) is 0 Å². The number of nitrogens with zero attached hydrogens (tertiary/aromatic N) is 3. The van der Waals surface area contributed by atoms with E-state index in [0.717, 1.165) is 63.9 Å². The van der Waals surface area contributed by atoms with Crippen LogP contribution < -0.4 is 4.90 Å². The normalized spacial score (nSPS) is 32.5. The van der Waals surface area contributed by atoms with Crippen LogP contribution in [0, 0.1) is 5.41 Å². The van der Waals surface area contributed by atoms with Gasteiger partial charge in [-0.05, 0) is 51.0 Å². The number of halogens is 2. The molecule has 1 atom stereocenters. The lowest BCUT2D eigenvalue weighted by molar-refractivity contribution is -0.139. The standard InChI is InChI=1S/C19H25Cl2N3O2/c20-13-10-16(21)17(22-11-13)23-8-1-6-19(12-23)7-9-24(18(19)26)14-2-4-15(25)5-3-14/h10-11,14-15,25H,1-9,12H2/t14-,15+,19-/m0/s1. The number of hydrogen-bond donors (Lipinski definition) is 1. The predicted molar refractivity (Wildman–Crippen MR) is 103 cm³/mol. The van der Waals surface area contributed by atoms with Crippen molar-refractivity contribution in [3.8, 4) is 0 Å². The van der Waals surface area contributed by atoms with Gasteiger partial charge in [-0.3, -0.25) is 4.79 Å². The summed E-state index contributed by atoms with van der Waals surface area (Å²) in [5.74, 6) is 1.01. The summed E-state index contributed by atoms with van der Waals surface area (Å²) in [6.45, 7) is 2.36. The fourth-order valence-electron chi connectivity index (χ4n) is 4.90. The Morgan fingerprint density at radius 3 is 2.65 bits per heavy atom. The largest absolute Gasteiger partial charge is 0.393 e. The molecule has 1 aliphatic carbocycles. The minimum absolute atomic E-state index is 0.193. The van der Waals surface area contributed by atoms with Gasteiger partial charge in [0.05, 0.1) is 21.6 Å². The second-order valence-electron chi connectivity index (χ2n) is 7.98. The van der Waals surface area contributed by atoms with Gasteiger partial charge in [-0.1, -0.05) is 23.2 Å². The van der Waals surface area contributed by atoms with E-state index < -0.39 is 0 Å². The minimum Gasteiger partial charge on any atom is -0.393 e. The van der Waals surface area contributed by atoms with E-state index in [-0.39, 0.29) is 23.5 Å². The highest BCUT2D eigenvalue weighted by Gasteiger charge is 2.50. The lowest BCUT2D eigenvalue weighted by Crippen LogP contribution is -2.50. The minimum atomic E-state index is -0.320. The number of likely N-dealkylation sites (tertiary alicyclic amines) is 1. The molecule has 7 heteroatoms. The van der Waals surface area contributed by atoms with Gasteiger partial charge in [-0.15, -0.1) is 0 Å². The zero-order valence-electron chi connectivity index (χ0n) is 14.8. The topological polar surface area (TPSA) is 56.7 Å². The molecule has 1 saturated carbocycles. The van der Waals surface area contributed by atoms with Crippen molar-refractivity contribution in [1.29, 1.82) is 0 Å². The van der Waals surface area contributed by atoms with Crippen LogP contribution in [-0.2, 0) is 4.79 Å². The molecule has 1 aromatic rings. The Labute approximate surface area is 164 Å². The fourth-order valence-corrected chi connectivity index (χ4v) is 5.40. The molecule has 26 heavy (non-hydrogen) atoms. The third kappa shape index (κ3) is 3.30. The molecule has 142 valence electrons. The van der Waals surface area contributed by atoms with E-state index in [1.807, 2.05) is 0 Å². The van der Waals surface area contributed by atoms with Crippen molar-refractivity contribution in [1.82, 2.24) is 9.88 Å². The first-order chi connectivity index (χ1) is 12.5. The maximum Gasteiger partial charge on any atom is 0.230 e. The van der Waals surface area contributed by atoms with Crippen LogP contribution in [0.3, 0.4) is 0 Å².